The molecule has 1 saturated heterocycles. The highest BCUT2D eigenvalue weighted by Crippen LogP contribution is 2.17. The Morgan fingerprint density at radius 2 is 2.12 bits per heavy atom. The summed E-state index contributed by atoms with van der Waals surface area (Å²) in [7, 11) is 0. The first-order chi connectivity index (χ1) is 8.26. The van der Waals surface area contributed by atoms with Crippen molar-refractivity contribution >= 4 is 11.8 Å². The van der Waals surface area contributed by atoms with Crippen LogP contribution in [-0.2, 0) is 0 Å². The van der Waals surface area contributed by atoms with Crippen LogP contribution in [-0.4, -0.2) is 48.1 Å². The first-order valence-electron chi connectivity index (χ1n) is 7.32. The molecular weight excluding hydrogens is 228 g/mol. The standard InChI is InChI=1S/C14H30N2S/c1-4-16(5-2)10-6-8-13(3)15-14-9-7-11-17-12-14/h13-15H,4-12H2,1-3H3. The number of rotatable bonds is 8. The van der Waals surface area contributed by atoms with Crippen LogP contribution in [0.5, 0.6) is 0 Å². The summed E-state index contributed by atoms with van der Waals surface area (Å²) < 4.78 is 0. The first-order valence-corrected chi connectivity index (χ1v) is 8.47. The quantitative estimate of drug-likeness (QED) is 0.720. The summed E-state index contributed by atoms with van der Waals surface area (Å²) >= 11 is 2.11. The lowest BCUT2D eigenvalue weighted by Crippen LogP contribution is -2.40. The van der Waals surface area contributed by atoms with Gasteiger partial charge in [0.05, 0.1) is 0 Å². The molecule has 1 N–H and O–H groups in total. The number of nitrogens with zero attached hydrogens (tertiary/aromatic N) is 1. The summed E-state index contributed by atoms with van der Waals surface area (Å²) in [6, 6.07) is 1.46. The highest BCUT2D eigenvalue weighted by molar-refractivity contribution is 7.99. The van der Waals surface area contributed by atoms with Gasteiger partial charge in [-0.15, -0.1) is 0 Å². The average Bonchev–Trinajstić information content (AvgIpc) is 2.36. The van der Waals surface area contributed by atoms with Crippen molar-refractivity contribution in [3.63, 3.8) is 0 Å². The molecule has 0 amide bonds. The van der Waals surface area contributed by atoms with Gasteiger partial charge in [0.2, 0.25) is 0 Å². The fourth-order valence-corrected chi connectivity index (χ4v) is 3.60. The van der Waals surface area contributed by atoms with Crippen LogP contribution in [0.1, 0.15) is 46.5 Å². The van der Waals surface area contributed by atoms with Crippen molar-refractivity contribution in [3.8, 4) is 0 Å². The maximum Gasteiger partial charge on any atom is 0.0160 e. The number of hydrogen-bond donors (Lipinski definition) is 1. The third-order valence-corrected chi connectivity index (χ3v) is 4.90. The summed E-state index contributed by atoms with van der Waals surface area (Å²) in [5.74, 6) is 2.69. The lowest BCUT2D eigenvalue weighted by molar-refractivity contribution is 0.288. The van der Waals surface area contributed by atoms with Gasteiger partial charge in [0.1, 0.15) is 0 Å². The van der Waals surface area contributed by atoms with E-state index in [0.29, 0.717) is 6.04 Å². The number of nitrogens with one attached hydrogen (secondary N) is 1. The fraction of sp³-hybridized carbons (Fsp3) is 1.00. The molecule has 2 nitrogen and oxygen atoms in total. The predicted octanol–water partition coefficient (Wildman–Crippen LogP) is 2.98. The molecule has 0 aromatic heterocycles. The van der Waals surface area contributed by atoms with Crippen molar-refractivity contribution in [2.75, 3.05) is 31.1 Å². The summed E-state index contributed by atoms with van der Waals surface area (Å²) in [5.41, 5.74) is 0. The van der Waals surface area contributed by atoms with Gasteiger partial charge in [-0.25, -0.2) is 0 Å². The molecule has 102 valence electrons. The Morgan fingerprint density at radius 3 is 2.71 bits per heavy atom. The van der Waals surface area contributed by atoms with Gasteiger partial charge < -0.3 is 10.2 Å². The zero-order valence-corrected chi connectivity index (χ0v) is 12.7. The molecule has 0 radical (unpaired) electrons. The van der Waals surface area contributed by atoms with Crippen LogP contribution in [0.2, 0.25) is 0 Å². The van der Waals surface area contributed by atoms with Crippen molar-refractivity contribution in [1.29, 1.82) is 0 Å². The molecule has 0 spiro atoms. The van der Waals surface area contributed by atoms with E-state index in [9.17, 15) is 0 Å². The minimum atomic E-state index is 0.689. The number of hydrogen-bond acceptors (Lipinski definition) is 3. The second-order valence-electron chi connectivity index (χ2n) is 5.15. The lowest BCUT2D eigenvalue weighted by atomic mass is 10.1. The Morgan fingerprint density at radius 1 is 1.35 bits per heavy atom. The van der Waals surface area contributed by atoms with Crippen LogP contribution in [0.25, 0.3) is 0 Å². The predicted molar refractivity (Wildman–Crippen MR) is 80.0 cm³/mol. The van der Waals surface area contributed by atoms with Gasteiger partial charge >= 0.3 is 0 Å². The first kappa shape index (κ1) is 15.3. The lowest BCUT2D eigenvalue weighted by Gasteiger charge is -2.27. The Labute approximate surface area is 112 Å². The van der Waals surface area contributed by atoms with E-state index in [1.54, 1.807) is 0 Å². The summed E-state index contributed by atoms with van der Waals surface area (Å²) in [5, 5.41) is 3.79. The van der Waals surface area contributed by atoms with E-state index in [0.717, 1.165) is 6.04 Å². The molecule has 3 heteroatoms. The number of thioether (sulfide) groups is 1. The van der Waals surface area contributed by atoms with Crippen molar-refractivity contribution in [1.82, 2.24) is 10.2 Å². The molecule has 1 rings (SSSR count). The third-order valence-electron chi connectivity index (χ3n) is 3.69. The third kappa shape index (κ3) is 6.68. The zero-order chi connectivity index (χ0) is 12.5. The van der Waals surface area contributed by atoms with E-state index in [1.807, 2.05) is 0 Å². The molecular formula is C14H30N2S. The molecule has 1 heterocycles. The van der Waals surface area contributed by atoms with Gasteiger partial charge in [0.15, 0.2) is 0 Å². The Bertz CT molecular complexity index is 177. The van der Waals surface area contributed by atoms with E-state index in [1.165, 1.54) is 56.8 Å². The van der Waals surface area contributed by atoms with E-state index in [2.05, 4.69) is 42.7 Å². The average molecular weight is 258 g/mol. The van der Waals surface area contributed by atoms with E-state index < -0.39 is 0 Å². The Hall–Kier alpha value is 0.270. The van der Waals surface area contributed by atoms with Crippen molar-refractivity contribution in [3.05, 3.63) is 0 Å². The zero-order valence-electron chi connectivity index (χ0n) is 11.9. The molecule has 0 saturated carbocycles. The van der Waals surface area contributed by atoms with Crippen LogP contribution in [0, 0.1) is 0 Å². The van der Waals surface area contributed by atoms with Crippen LogP contribution >= 0.6 is 11.8 Å². The Balaban J connectivity index is 2.05. The molecule has 1 aliphatic heterocycles. The second kappa shape index (κ2) is 9.23. The summed E-state index contributed by atoms with van der Waals surface area (Å²) in [6.45, 7) is 10.5. The minimum Gasteiger partial charge on any atom is -0.311 e. The maximum atomic E-state index is 3.79. The van der Waals surface area contributed by atoms with Crippen molar-refractivity contribution in [2.24, 2.45) is 0 Å². The smallest absolute Gasteiger partial charge is 0.0160 e. The SMILES string of the molecule is CCN(CC)CCCC(C)NC1CCCSC1. The molecule has 1 fully saturated rings. The van der Waals surface area contributed by atoms with Gasteiger partial charge in [-0.05, 0) is 58.0 Å². The molecule has 0 bridgehead atoms. The largest absolute Gasteiger partial charge is 0.311 e. The summed E-state index contributed by atoms with van der Waals surface area (Å²) in [4.78, 5) is 2.52. The van der Waals surface area contributed by atoms with E-state index in [-0.39, 0.29) is 0 Å². The highest BCUT2D eigenvalue weighted by atomic mass is 32.2. The molecule has 0 aromatic rings. The van der Waals surface area contributed by atoms with E-state index in [4.69, 9.17) is 0 Å². The van der Waals surface area contributed by atoms with Crippen molar-refractivity contribution in [2.45, 2.75) is 58.5 Å². The minimum absolute atomic E-state index is 0.689. The normalized spacial score (nSPS) is 22.9. The van der Waals surface area contributed by atoms with Crippen LogP contribution in [0.4, 0.5) is 0 Å². The topological polar surface area (TPSA) is 15.3 Å². The Kier molecular flexibility index (Phi) is 8.33. The second-order valence-corrected chi connectivity index (χ2v) is 6.30. The van der Waals surface area contributed by atoms with Gasteiger partial charge in [-0.1, -0.05) is 13.8 Å². The molecule has 1 aliphatic rings. The van der Waals surface area contributed by atoms with Gasteiger partial charge in [0.25, 0.3) is 0 Å². The molecule has 17 heavy (non-hydrogen) atoms. The molecule has 2 atom stereocenters. The molecule has 2 unspecified atom stereocenters. The summed E-state index contributed by atoms with van der Waals surface area (Å²) in [6.07, 6.45) is 5.43. The maximum absolute atomic E-state index is 3.79. The van der Waals surface area contributed by atoms with E-state index >= 15 is 0 Å². The van der Waals surface area contributed by atoms with Gasteiger partial charge in [0, 0.05) is 17.8 Å². The van der Waals surface area contributed by atoms with Crippen LogP contribution < -0.4 is 5.32 Å². The molecule has 0 aliphatic carbocycles. The van der Waals surface area contributed by atoms with Crippen molar-refractivity contribution < 1.29 is 0 Å². The van der Waals surface area contributed by atoms with Gasteiger partial charge in [-0.3, -0.25) is 0 Å². The van der Waals surface area contributed by atoms with Crippen LogP contribution in [0.15, 0.2) is 0 Å². The molecule has 0 aromatic carbocycles. The van der Waals surface area contributed by atoms with Gasteiger partial charge in [-0.2, -0.15) is 11.8 Å². The fourth-order valence-electron chi connectivity index (χ4n) is 2.52. The monoisotopic (exact) mass is 258 g/mol. The van der Waals surface area contributed by atoms with Crippen LogP contribution in [0.3, 0.4) is 0 Å². The highest BCUT2D eigenvalue weighted by Gasteiger charge is 2.15.